The zero-order valence-electron chi connectivity index (χ0n) is 19.9. The third-order valence-electron chi connectivity index (χ3n) is 4.97. The van der Waals surface area contributed by atoms with Crippen LogP contribution in [0.2, 0.25) is 5.02 Å². The number of nitrogens with one attached hydrogen (secondary N) is 1. The normalized spacial score (nSPS) is 12.4. The maximum Gasteiger partial charge on any atom is 0.461 e. The molecule has 0 saturated carbocycles. The molecular weight excluding hydrogens is 541 g/mol. The number of amides is 2. The average Bonchev–Trinajstić information content (AvgIpc) is 3.46. The van der Waals surface area contributed by atoms with E-state index in [0.717, 1.165) is 10.7 Å². The Morgan fingerprint density at radius 2 is 1.89 bits per heavy atom. The van der Waals surface area contributed by atoms with Crippen LogP contribution in [-0.4, -0.2) is 53.0 Å². The summed E-state index contributed by atoms with van der Waals surface area (Å²) in [6.45, 7) is 3.98. The summed E-state index contributed by atoms with van der Waals surface area (Å²) in [7, 11) is 0. The summed E-state index contributed by atoms with van der Waals surface area (Å²) in [6, 6.07) is 4.03. The lowest BCUT2D eigenvalue weighted by molar-refractivity contribution is -0.293. The summed E-state index contributed by atoms with van der Waals surface area (Å²) < 4.78 is 67.7. The van der Waals surface area contributed by atoms with Gasteiger partial charge in [-0.05, 0) is 49.4 Å². The minimum absolute atomic E-state index is 0.00761. The molecule has 3 N–H and O–H groups in total. The van der Waals surface area contributed by atoms with Crippen molar-refractivity contribution in [3.8, 4) is 5.82 Å². The average molecular weight is 560 g/mol. The molecule has 0 saturated heterocycles. The monoisotopic (exact) mass is 559 g/mol. The molecule has 0 bridgehead atoms. The van der Waals surface area contributed by atoms with E-state index >= 15 is 0 Å². The zero-order chi connectivity index (χ0) is 28.4. The highest BCUT2D eigenvalue weighted by Gasteiger charge is 2.62. The number of primary amides is 1. The van der Waals surface area contributed by atoms with Gasteiger partial charge >= 0.3 is 12.1 Å². The van der Waals surface area contributed by atoms with E-state index in [1.165, 1.54) is 31.3 Å². The van der Waals surface area contributed by atoms with Gasteiger partial charge in [-0.3, -0.25) is 9.59 Å². The van der Waals surface area contributed by atoms with Crippen molar-refractivity contribution in [1.29, 1.82) is 0 Å². The number of nitrogens with two attached hydrogens (primary N) is 1. The summed E-state index contributed by atoms with van der Waals surface area (Å²) in [5.74, 6) is -8.85. The van der Waals surface area contributed by atoms with Gasteiger partial charge < -0.3 is 11.1 Å². The highest BCUT2D eigenvalue weighted by atomic mass is 35.5. The van der Waals surface area contributed by atoms with Gasteiger partial charge in [0.2, 0.25) is 11.7 Å². The first-order valence-corrected chi connectivity index (χ1v) is 10.9. The van der Waals surface area contributed by atoms with Crippen LogP contribution in [-0.2, 0) is 17.3 Å². The SMILES string of the molecule is C/C=C(/C(N)=O)C(NC(=O)c1cc(Cn2nnnc2C(F)(F)C(F)(F)F)nn1-c1ncccc1Cl)=C(C)C. The first-order valence-electron chi connectivity index (χ1n) is 10.5. The van der Waals surface area contributed by atoms with E-state index in [1.54, 1.807) is 13.8 Å². The van der Waals surface area contributed by atoms with Crippen molar-refractivity contribution >= 4 is 23.4 Å². The number of allylic oxidation sites excluding steroid dienone is 2. The first kappa shape index (κ1) is 28.4. The van der Waals surface area contributed by atoms with Gasteiger partial charge in [0.05, 0.1) is 28.5 Å². The number of carbonyl (C=O) groups is 2. The molecule has 17 heteroatoms. The second-order valence-corrected chi connectivity index (χ2v) is 8.28. The van der Waals surface area contributed by atoms with Crippen LogP contribution >= 0.6 is 11.6 Å². The minimum atomic E-state index is -5.96. The number of nitrogens with zero attached hydrogens (tertiary/aromatic N) is 7. The molecule has 3 heterocycles. The molecule has 3 rings (SSSR count). The Labute approximate surface area is 216 Å². The first-order chi connectivity index (χ1) is 17.7. The Morgan fingerprint density at radius 3 is 2.45 bits per heavy atom. The van der Waals surface area contributed by atoms with Crippen LogP contribution < -0.4 is 11.1 Å². The number of pyridine rings is 1. The van der Waals surface area contributed by atoms with E-state index in [1.807, 2.05) is 0 Å². The van der Waals surface area contributed by atoms with Crippen molar-refractivity contribution in [3.63, 3.8) is 0 Å². The molecular formula is C21H19ClF5N9O2. The van der Waals surface area contributed by atoms with Crippen molar-refractivity contribution in [2.75, 3.05) is 0 Å². The summed E-state index contributed by atoms with van der Waals surface area (Å²) in [5.41, 5.74) is 5.57. The lowest BCUT2D eigenvalue weighted by Gasteiger charge is -2.18. The summed E-state index contributed by atoms with van der Waals surface area (Å²) in [6.07, 6.45) is -3.24. The fraction of sp³-hybridized carbons (Fsp3) is 0.286. The fourth-order valence-corrected chi connectivity index (χ4v) is 3.43. The van der Waals surface area contributed by atoms with Gasteiger partial charge in [0, 0.05) is 6.20 Å². The molecule has 0 unspecified atom stereocenters. The van der Waals surface area contributed by atoms with E-state index in [-0.39, 0.29) is 38.2 Å². The number of halogens is 6. The number of carbonyl (C=O) groups excluding carboxylic acids is 2. The molecule has 2 amide bonds. The number of alkyl halides is 5. The maximum atomic E-state index is 13.9. The highest BCUT2D eigenvalue weighted by Crippen LogP contribution is 2.42. The summed E-state index contributed by atoms with van der Waals surface area (Å²) in [4.78, 5) is 29.2. The molecule has 0 aliphatic rings. The zero-order valence-corrected chi connectivity index (χ0v) is 20.6. The number of hydrogen-bond donors (Lipinski definition) is 2. The number of tetrazole rings is 1. The predicted molar refractivity (Wildman–Crippen MR) is 122 cm³/mol. The van der Waals surface area contributed by atoms with Gasteiger partial charge in [0.1, 0.15) is 5.69 Å². The standard InChI is InChI=1S/C21H19ClF5N9O2/c1-4-12(16(28)37)15(10(2)3)30-18(38)14-8-11(32-36(14)17-13(22)6-5-7-29-17)9-35-19(31-33-34-35)20(23,24)21(25,26)27/h4-8H,9H2,1-3H3,(H2,28,37)(H,30,38)/b12-4+. The lowest BCUT2D eigenvalue weighted by Crippen LogP contribution is -2.36. The third kappa shape index (κ3) is 5.53. The summed E-state index contributed by atoms with van der Waals surface area (Å²) >= 11 is 6.20. The molecule has 202 valence electrons. The van der Waals surface area contributed by atoms with Crippen LogP contribution in [0, 0.1) is 0 Å². The molecule has 0 fully saturated rings. The third-order valence-corrected chi connectivity index (χ3v) is 5.27. The molecule has 0 aromatic carbocycles. The Kier molecular flexibility index (Phi) is 7.95. The van der Waals surface area contributed by atoms with Gasteiger partial charge in [0.15, 0.2) is 5.82 Å². The topological polar surface area (TPSA) is 146 Å². The van der Waals surface area contributed by atoms with E-state index < -0.39 is 36.3 Å². The van der Waals surface area contributed by atoms with Crippen LogP contribution in [0.3, 0.4) is 0 Å². The van der Waals surface area contributed by atoms with E-state index in [0.29, 0.717) is 5.57 Å². The molecule has 11 nitrogen and oxygen atoms in total. The molecule has 38 heavy (non-hydrogen) atoms. The van der Waals surface area contributed by atoms with Gasteiger partial charge in [0.25, 0.3) is 5.91 Å². The predicted octanol–water partition coefficient (Wildman–Crippen LogP) is 3.06. The number of aromatic nitrogens is 7. The molecule has 0 aliphatic heterocycles. The van der Waals surface area contributed by atoms with Crippen LogP contribution in [0.25, 0.3) is 5.82 Å². The van der Waals surface area contributed by atoms with Crippen LogP contribution in [0.5, 0.6) is 0 Å². The molecule has 0 spiro atoms. The van der Waals surface area contributed by atoms with Gasteiger partial charge in [-0.15, -0.1) is 5.10 Å². The Bertz CT molecular complexity index is 1440. The van der Waals surface area contributed by atoms with Crippen LogP contribution in [0.4, 0.5) is 22.0 Å². The van der Waals surface area contributed by atoms with Crippen molar-refractivity contribution in [1.82, 2.24) is 40.3 Å². The van der Waals surface area contributed by atoms with Gasteiger partial charge in [-0.1, -0.05) is 23.3 Å². The smallest absolute Gasteiger partial charge is 0.366 e. The highest BCUT2D eigenvalue weighted by molar-refractivity contribution is 6.32. The van der Waals surface area contributed by atoms with Gasteiger partial charge in [-0.2, -0.15) is 27.1 Å². The van der Waals surface area contributed by atoms with E-state index in [4.69, 9.17) is 17.3 Å². The molecule has 3 aromatic heterocycles. The molecule has 3 aromatic rings. The number of rotatable bonds is 8. The molecule has 0 atom stereocenters. The lowest BCUT2D eigenvalue weighted by atomic mass is 10.1. The van der Waals surface area contributed by atoms with Crippen LogP contribution in [0.15, 0.2) is 47.3 Å². The van der Waals surface area contributed by atoms with Crippen molar-refractivity contribution in [3.05, 3.63) is 69.6 Å². The second-order valence-electron chi connectivity index (χ2n) is 7.87. The quantitative estimate of drug-likeness (QED) is 0.245. The van der Waals surface area contributed by atoms with Gasteiger partial charge in [-0.25, -0.2) is 14.3 Å². The fourth-order valence-electron chi connectivity index (χ4n) is 3.23. The van der Waals surface area contributed by atoms with Crippen molar-refractivity contribution in [2.45, 2.75) is 39.4 Å². The van der Waals surface area contributed by atoms with Crippen molar-refractivity contribution < 1.29 is 31.5 Å². The maximum absolute atomic E-state index is 13.9. The second kappa shape index (κ2) is 10.6. The Hall–Kier alpha value is -4.21. The van der Waals surface area contributed by atoms with Crippen molar-refractivity contribution in [2.24, 2.45) is 5.73 Å². The molecule has 0 radical (unpaired) electrons. The Balaban J connectivity index is 2.10. The Morgan fingerprint density at radius 1 is 1.21 bits per heavy atom. The van der Waals surface area contributed by atoms with E-state index in [9.17, 15) is 31.5 Å². The largest absolute Gasteiger partial charge is 0.461 e. The molecule has 0 aliphatic carbocycles. The summed E-state index contributed by atoms with van der Waals surface area (Å²) in [5, 5.41) is 15.7. The minimum Gasteiger partial charge on any atom is -0.366 e. The van der Waals surface area contributed by atoms with Crippen LogP contribution in [0.1, 0.15) is 42.8 Å². The van der Waals surface area contributed by atoms with E-state index in [2.05, 4.69) is 30.9 Å². The number of hydrogen-bond acceptors (Lipinski definition) is 7.